The van der Waals surface area contributed by atoms with E-state index in [-0.39, 0.29) is 34.7 Å². The highest BCUT2D eigenvalue weighted by atomic mass is 32.2. The zero-order chi connectivity index (χ0) is 25.1. The molecule has 0 amide bonds. The van der Waals surface area contributed by atoms with Gasteiger partial charge < -0.3 is 19.9 Å². The number of hydrogen-bond acceptors (Lipinski definition) is 9. The molecule has 35 heavy (non-hydrogen) atoms. The predicted molar refractivity (Wildman–Crippen MR) is 128 cm³/mol. The molecular weight excluding hydrogens is 494 g/mol. The van der Waals surface area contributed by atoms with Crippen LogP contribution in [0, 0.1) is 0 Å². The summed E-state index contributed by atoms with van der Waals surface area (Å²) in [4.78, 5) is 4.15. The largest absolute Gasteiger partial charge is 0.491 e. The van der Waals surface area contributed by atoms with E-state index in [0.29, 0.717) is 38.3 Å². The SMILES string of the molecule is CS(=O)(=O)c1cccc(OCC(O)CNC2COC3(CCN(S(=O)(=O)c4ccccn4)CC3)C2)c1. The Bertz CT molecular complexity index is 1210. The quantitative estimate of drug-likeness (QED) is 0.488. The van der Waals surface area contributed by atoms with Crippen LogP contribution in [0.4, 0.5) is 0 Å². The molecule has 2 atom stereocenters. The number of aliphatic hydroxyl groups excluding tert-OH is 1. The fourth-order valence-corrected chi connectivity index (χ4v) is 6.47. The number of hydrogen-bond donors (Lipinski definition) is 2. The van der Waals surface area contributed by atoms with Gasteiger partial charge in [-0.15, -0.1) is 0 Å². The van der Waals surface area contributed by atoms with E-state index in [9.17, 15) is 21.9 Å². The van der Waals surface area contributed by atoms with Gasteiger partial charge in [0.25, 0.3) is 10.0 Å². The summed E-state index contributed by atoms with van der Waals surface area (Å²) in [5, 5.41) is 13.7. The summed E-state index contributed by atoms with van der Waals surface area (Å²) in [6.07, 6.45) is 3.73. The third-order valence-electron chi connectivity index (χ3n) is 6.40. The van der Waals surface area contributed by atoms with Gasteiger partial charge in [0.05, 0.1) is 17.1 Å². The lowest BCUT2D eigenvalue weighted by Crippen LogP contribution is -2.47. The standard InChI is InChI=1S/C23H31N3O7S2/c1-34(28,29)21-6-4-5-20(13-21)32-17-19(27)15-25-18-14-23(33-16-18)8-11-26(12-9-23)35(30,31)22-7-2-3-10-24-22/h2-7,10,13,18-19,25,27H,8-9,11-12,14-17H2,1H3. The van der Waals surface area contributed by atoms with Crippen LogP contribution in [0.2, 0.25) is 0 Å². The summed E-state index contributed by atoms with van der Waals surface area (Å²) in [6.45, 7) is 1.52. The van der Waals surface area contributed by atoms with Gasteiger partial charge in [-0.2, -0.15) is 4.31 Å². The van der Waals surface area contributed by atoms with Gasteiger partial charge in [-0.25, -0.2) is 21.8 Å². The van der Waals surface area contributed by atoms with Crippen molar-refractivity contribution in [1.29, 1.82) is 0 Å². The maximum Gasteiger partial charge on any atom is 0.260 e. The highest BCUT2D eigenvalue weighted by molar-refractivity contribution is 7.90. The zero-order valence-corrected chi connectivity index (χ0v) is 21.2. The van der Waals surface area contributed by atoms with Crippen molar-refractivity contribution in [2.45, 2.75) is 46.9 Å². The molecule has 12 heteroatoms. The highest BCUT2D eigenvalue weighted by Gasteiger charge is 2.44. The number of nitrogens with one attached hydrogen (secondary N) is 1. The average molecular weight is 526 g/mol. The van der Waals surface area contributed by atoms with Gasteiger partial charge in [0.2, 0.25) is 0 Å². The lowest BCUT2D eigenvalue weighted by molar-refractivity contribution is -0.0312. The first kappa shape index (κ1) is 26.0. The summed E-state index contributed by atoms with van der Waals surface area (Å²) in [5.41, 5.74) is -0.374. The minimum Gasteiger partial charge on any atom is -0.491 e. The Balaban J connectivity index is 1.22. The van der Waals surface area contributed by atoms with E-state index in [4.69, 9.17) is 9.47 Å². The van der Waals surface area contributed by atoms with Crippen LogP contribution in [0.25, 0.3) is 0 Å². The Kier molecular flexibility index (Phi) is 7.79. The summed E-state index contributed by atoms with van der Waals surface area (Å²) in [7, 11) is -6.95. The van der Waals surface area contributed by atoms with Gasteiger partial charge in [0.15, 0.2) is 14.9 Å². The molecular formula is C23H31N3O7S2. The molecule has 3 heterocycles. The molecule has 2 fully saturated rings. The van der Waals surface area contributed by atoms with Crippen molar-refractivity contribution >= 4 is 19.9 Å². The summed E-state index contributed by atoms with van der Waals surface area (Å²) in [6, 6.07) is 11.1. The van der Waals surface area contributed by atoms with Crippen molar-refractivity contribution in [3.8, 4) is 5.75 Å². The molecule has 1 aromatic heterocycles. The van der Waals surface area contributed by atoms with Gasteiger partial charge in [0.1, 0.15) is 18.5 Å². The monoisotopic (exact) mass is 525 g/mol. The number of rotatable bonds is 9. The molecule has 2 aliphatic heterocycles. The van der Waals surface area contributed by atoms with Crippen LogP contribution in [0.3, 0.4) is 0 Å². The smallest absolute Gasteiger partial charge is 0.260 e. The number of aromatic nitrogens is 1. The number of ether oxygens (including phenoxy) is 2. The predicted octanol–water partition coefficient (Wildman–Crippen LogP) is 0.827. The molecule has 0 bridgehead atoms. The highest BCUT2D eigenvalue weighted by Crippen LogP contribution is 2.37. The maximum atomic E-state index is 12.8. The lowest BCUT2D eigenvalue weighted by Gasteiger charge is -2.37. The van der Waals surface area contributed by atoms with Crippen molar-refractivity contribution in [1.82, 2.24) is 14.6 Å². The Morgan fingerprint density at radius 3 is 2.66 bits per heavy atom. The van der Waals surface area contributed by atoms with Crippen LogP contribution in [0.1, 0.15) is 19.3 Å². The van der Waals surface area contributed by atoms with Crippen molar-refractivity contribution < 1.29 is 31.4 Å². The van der Waals surface area contributed by atoms with Crippen LogP contribution in [0.5, 0.6) is 5.75 Å². The van der Waals surface area contributed by atoms with Crippen molar-refractivity contribution in [3.63, 3.8) is 0 Å². The minimum absolute atomic E-state index is 0.0132. The first-order chi connectivity index (χ1) is 16.6. The fourth-order valence-electron chi connectivity index (χ4n) is 4.44. The molecule has 1 spiro atoms. The minimum atomic E-state index is -3.61. The van der Waals surface area contributed by atoms with Crippen molar-refractivity contribution in [2.75, 3.05) is 39.1 Å². The normalized spacial score (nSPS) is 21.7. The van der Waals surface area contributed by atoms with Crippen LogP contribution >= 0.6 is 0 Å². The number of benzene rings is 1. The van der Waals surface area contributed by atoms with Crippen LogP contribution in [-0.4, -0.2) is 88.1 Å². The Labute approximate surface area is 206 Å². The second-order valence-electron chi connectivity index (χ2n) is 9.09. The fraction of sp³-hybridized carbons (Fsp3) is 0.522. The molecule has 0 aliphatic carbocycles. The molecule has 10 nitrogen and oxygen atoms in total. The summed E-state index contributed by atoms with van der Waals surface area (Å²) < 4.78 is 62.1. The molecule has 2 aliphatic rings. The first-order valence-electron chi connectivity index (χ1n) is 11.5. The molecule has 2 aromatic rings. The summed E-state index contributed by atoms with van der Waals surface area (Å²) in [5.74, 6) is 0.377. The Morgan fingerprint density at radius 2 is 1.97 bits per heavy atom. The number of pyridine rings is 1. The topological polar surface area (TPSA) is 135 Å². The molecule has 2 N–H and O–H groups in total. The number of sulfone groups is 1. The molecule has 0 saturated carbocycles. The van der Waals surface area contributed by atoms with E-state index in [0.717, 1.165) is 12.7 Å². The van der Waals surface area contributed by atoms with Crippen LogP contribution in [-0.2, 0) is 24.6 Å². The van der Waals surface area contributed by atoms with Gasteiger partial charge in [-0.1, -0.05) is 12.1 Å². The van der Waals surface area contributed by atoms with E-state index in [1.807, 2.05) is 0 Å². The second kappa shape index (κ2) is 10.5. The first-order valence-corrected chi connectivity index (χ1v) is 14.8. The van der Waals surface area contributed by atoms with E-state index >= 15 is 0 Å². The molecule has 192 valence electrons. The van der Waals surface area contributed by atoms with E-state index < -0.39 is 26.0 Å². The van der Waals surface area contributed by atoms with Crippen LogP contribution < -0.4 is 10.1 Å². The number of aliphatic hydroxyl groups is 1. The number of sulfonamides is 1. The third-order valence-corrected chi connectivity index (χ3v) is 9.33. The van der Waals surface area contributed by atoms with Crippen LogP contribution in [0.15, 0.2) is 58.6 Å². The van der Waals surface area contributed by atoms with Gasteiger partial charge >= 0.3 is 0 Å². The molecule has 4 rings (SSSR count). The molecule has 1 aromatic carbocycles. The van der Waals surface area contributed by atoms with E-state index in [1.54, 1.807) is 24.3 Å². The molecule has 0 radical (unpaired) electrons. The van der Waals surface area contributed by atoms with Crippen molar-refractivity contribution in [3.05, 3.63) is 48.7 Å². The Morgan fingerprint density at radius 1 is 1.20 bits per heavy atom. The van der Waals surface area contributed by atoms with Gasteiger partial charge in [-0.05, 0) is 49.6 Å². The van der Waals surface area contributed by atoms with Crippen molar-refractivity contribution in [2.24, 2.45) is 0 Å². The summed E-state index contributed by atoms with van der Waals surface area (Å²) >= 11 is 0. The maximum absolute atomic E-state index is 12.8. The molecule has 2 unspecified atom stereocenters. The van der Waals surface area contributed by atoms with E-state index in [1.165, 1.54) is 28.7 Å². The number of piperidine rings is 1. The second-order valence-corrected chi connectivity index (χ2v) is 13.0. The zero-order valence-electron chi connectivity index (χ0n) is 19.5. The average Bonchev–Trinajstić information content (AvgIpc) is 3.24. The lowest BCUT2D eigenvalue weighted by atomic mass is 9.88. The number of nitrogens with zero attached hydrogens (tertiary/aromatic N) is 2. The van der Waals surface area contributed by atoms with E-state index in [2.05, 4.69) is 10.3 Å². The van der Waals surface area contributed by atoms with Gasteiger partial charge in [-0.3, -0.25) is 0 Å². The third kappa shape index (κ3) is 6.38. The Hall–Kier alpha value is -2.09. The van der Waals surface area contributed by atoms with Gasteiger partial charge in [0, 0.05) is 38.1 Å². The molecule has 2 saturated heterocycles.